The van der Waals surface area contributed by atoms with Crippen LogP contribution in [0, 0.1) is 12.8 Å². The van der Waals surface area contributed by atoms with E-state index in [1.54, 1.807) is 48.2 Å². The number of likely N-dealkylation sites (tertiary alicyclic amines) is 1. The summed E-state index contributed by atoms with van der Waals surface area (Å²) in [5.74, 6) is 0.883. The Morgan fingerprint density at radius 3 is 2.68 bits per heavy atom. The van der Waals surface area contributed by atoms with Crippen molar-refractivity contribution in [1.29, 1.82) is 0 Å². The third-order valence-corrected chi connectivity index (χ3v) is 5.99. The van der Waals surface area contributed by atoms with E-state index in [-0.39, 0.29) is 24.4 Å². The Bertz CT molecular complexity index is 1230. The van der Waals surface area contributed by atoms with Crippen LogP contribution < -0.4 is 10.6 Å². The van der Waals surface area contributed by atoms with Gasteiger partial charge in [0.05, 0.1) is 12.8 Å². The van der Waals surface area contributed by atoms with Crippen molar-refractivity contribution in [2.24, 2.45) is 5.92 Å². The quantitative estimate of drug-likeness (QED) is 0.517. The maximum Gasteiger partial charge on any atom is 0.247 e. The van der Waals surface area contributed by atoms with E-state index in [2.05, 4.69) is 20.8 Å². The molecule has 2 aromatic heterocycles. The number of amides is 3. The fourth-order valence-electron chi connectivity index (χ4n) is 4.23. The van der Waals surface area contributed by atoms with Gasteiger partial charge < -0.3 is 24.5 Å². The van der Waals surface area contributed by atoms with E-state index in [0.717, 1.165) is 12.0 Å². The predicted molar refractivity (Wildman–Crippen MR) is 120 cm³/mol. The van der Waals surface area contributed by atoms with Gasteiger partial charge in [-0.15, -0.1) is 0 Å². The number of aryl methyl sites for hydroxylation is 1. The Balaban J connectivity index is 1.19. The molecule has 1 saturated carbocycles. The number of rotatable bonds is 7. The van der Waals surface area contributed by atoms with E-state index in [0.29, 0.717) is 35.5 Å². The second-order valence-corrected chi connectivity index (χ2v) is 8.39. The Morgan fingerprint density at radius 2 is 1.97 bits per heavy atom. The number of benzene rings is 1. The van der Waals surface area contributed by atoms with Gasteiger partial charge in [0.15, 0.2) is 0 Å². The topological polar surface area (TPSA) is 131 Å². The maximum absolute atomic E-state index is 13.0. The predicted octanol–water partition coefficient (Wildman–Crippen LogP) is 2.44. The van der Waals surface area contributed by atoms with Crippen LogP contribution in [0.5, 0.6) is 0 Å². The number of nitrogens with one attached hydrogen (secondary N) is 2. The first-order chi connectivity index (χ1) is 16.5. The molecule has 0 radical (unpaired) electrons. The molecule has 3 heterocycles. The van der Waals surface area contributed by atoms with Crippen LogP contribution in [0.3, 0.4) is 0 Å². The number of hydrogen-bond donors (Lipinski definition) is 2. The third-order valence-electron chi connectivity index (χ3n) is 5.99. The van der Waals surface area contributed by atoms with E-state index >= 15 is 0 Å². The van der Waals surface area contributed by atoms with E-state index < -0.39 is 11.9 Å². The first-order valence-corrected chi connectivity index (χ1v) is 11.0. The third kappa shape index (κ3) is 4.61. The Hall–Kier alpha value is -4.21. The average molecular weight is 461 g/mol. The van der Waals surface area contributed by atoms with Crippen molar-refractivity contribution in [1.82, 2.24) is 20.4 Å². The normalized spacial score (nSPS) is 20.9. The van der Waals surface area contributed by atoms with Crippen molar-refractivity contribution in [3.8, 4) is 11.4 Å². The molecule has 3 amide bonds. The highest BCUT2D eigenvalue weighted by molar-refractivity contribution is 6.02. The molecule has 10 heteroatoms. The second-order valence-electron chi connectivity index (χ2n) is 8.39. The molecule has 0 spiro atoms. The summed E-state index contributed by atoms with van der Waals surface area (Å²) in [4.78, 5) is 43.6. The number of anilines is 1. The molecule has 10 nitrogen and oxygen atoms in total. The maximum atomic E-state index is 13.0. The van der Waals surface area contributed by atoms with Crippen LogP contribution in [-0.4, -0.2) is 44.8 Å². The van der Waals surface area contributed by atoms with Gasteiger partial charge in [0.2, 0.25) is 29.4 Å². The lowest BCUT2D eigenvalue weighted by molar-refractivity contribution is -0.134. The first-order valence-electron chi connectivity index (χ1n) is 11.0. The van der Waals surface area contributed by atoms with Crippen molar-refractivity contribution in [3.63, 3.8) is 0 Å². The molecule has 0 bridgehead atoms. The fourth-order valence-corrected chi connectivity index (χ4v) is 4.23. The van der Waals surface area contributed by atoms with Gasteiger partial charge in [-0.25, -0.2) is 0 Å². The van der Waals surface area contributed by atoms with Gasteiger partial charge in [0.1, 0.15) is 11.8 Å². The second kappa shape index (κ2) is 8.97. The molecule has 5 rings (SSSR count). The Morgan fingerprint density at radius 1 is 1.15 bits per heavy atom. The van der Waals surface area contributed by atoms with Gasteiger partial charge in [-0.3, -0.25) is 14.4 Å². The molecule has 1 aromatic carbocycles. The van der Waals surface area contributed by atoms with Crippen LogP contribution in [0.2, 0.25) is 0 Å². The van der Waals surface area contributed by atoms with Crippen molar-refractivity contribution in [3.05, 3.63) is 66.5 Å². The molecule has 1 aliphatic carbocycles. The van der Waals surface area contributed by atoms with Gasteiger partial charge in [-0.05, 0) is 55.2 Å². The smallest absolute Gasteiger partial charge is 0.247 e. The van der Waals surface area contributed by atoms with Crippen molar-refractivity contribution in [2.45, 2.75) is 38.4 Å². The van der Waals surface area contributed by atoms with Gasteiger partial charge >= 0.3 is 0 Å². The molecule has 1 aliphatic heterocycles. The summed E-state index contributed by atoms with van der Waals surface area (Å²) in [7, 11) is 0. The van der Waals surface area contributed by atoms with Gasteiger partial charge in [0.25, 0.3) is 0 Å². The van der Waals surface area contributed by atoms with E-state index in [1.807, 2.05) is 0 Å². The van der Waals surface area contributed by atoms with Crippen LogP contribution in [0.15, 0.2) is 63.8 Å². The van der Waals surface area contributed by atoms with Crippen LogP contribution in [0.4, 0.5) is 5.69 Å². The molecule has 1 saturated heterocycles. The molecule has 2 N–H and O–H groups in total. The van der Waals surface area contributed by atoms with Crippen LogP contribution in [0.25, 0.3) is 11.4 Å². The summed E-state index contributed by atoms with van der Waals surface area (Å²) in [6.07, 6.45) is 5.43. The van der Waals surface area contributed by atoms with Crippen molar-refractivity contribution < 1.29 is 23.3 Å². The van der Waals surface area contributed by atoms with Gasteiger partial charge in [0, 0.05) is 36.4 Å². The SMILES string of the molecule is Cc1nc(-c2ccc(NC(=O)[C@@H]3C[C@H]4C[C@H]4N3C(=O)/C=C/C(=O)NCc3ccco3)cc2)no1. The van der Waals surface area contributed by atoms with Crippen LogP contribution in [0.1, 0.15) is 24.5 Å². The number of nitrogens with zero attached hydrogens (tertiary/aromatic N) is 3. The van der Waals surface area contributed by atoms with Crippen molar-refractivity contribution >= 4 is 23.4 Å². The Labute approximate surface area is 195 Å². The summed E-state index contributed by atoms with van der Waals surface area (Å²) < 4.78 is 10.2. The Kier molecular flexibility index (Phi) is 5.70. The minimum atomic E-state index is -0.577. The van der Waals surface area contributed by atoms with Crippen LogP contribution >= 0.6 is 0 Å². The molecular formula is C24H23N5O5. The lowest BCUT2D eigenvalue weighted by Crippen LogP contribution is -2.45. The number of furan rings is 1. The van der Waals surface area contributed by atoms with E-state index in [9.17, 15) is 14.4 Å². The molecule has 3 atom stereocenters. The summed E-state index contributed by atoms with van der Waals surface area (Å²) in [6, 6.07) is 10.0. The minimum Gasteiger partial charge on any atom is -0.467 e. The lowest BCUT2D eigenvalue weighted by atomic mass is 10.1. The number of hydrogen-bond acceptors (Lipinski definition) is 7. The monoisotopic (exact) mass is 461 g/mol. The van der Waals surface area contributed by atoms with Gasteiger partial charge in [-0.2, -0.15) is 4.98 Å². The number of piperidine rings is 1. The standard InChI is InChI=1S/C24H23N5O5/c1-14-26-23(28-34-14)15-4-6-17(7-5-15)27-24(32)20-12-16-11-19(16)29(20)22(31)9-8-21(30)25-13-18-3-2-10-33-18/h2-10,16,19-20H,11-13H2,1H3,(H,25,30)(H,27,32)/b9-8+/t16-,19-,20+/m1/s1. The van der Waals surface area contributed by atoms with E-state index in [4.69, 9.17) is 8.94 Å². The van der Waals surface area contributed by atoms with Gasteiger partial charge in [-0.1, -0.05) is 5.16 Å². The molecule has 3 aromatic rings. The summed E-state index contributed by atoms with van der Waals surface area (Å²) in [5.41, 5.74) is 1.37. The largest absolute Gasteiger partial charge is 0.467 e. The van der Waals surface area contributed by atoms with Crippen molar-refractivity contribution in [2.75, 3.05) is 5.32 Å². The molecule has 2 aliphatic rings. The number of carbonyl (C=O) groups excluding carboxylic acids is 3. The zero-order valence-corrected chi connectivity index (χ0v) is 18.4. The summed E-state index contributed by atoms with van der Waals surface area (Å²) in [5, 5.41) is 9.42. The fraction of sp³-hybridized carbons (Fsp3) is 0.292. The molecule has 0 unspecified atom stereocenters. The highest BCUT2D eigenvalue weighted by Crippen LogP contribution is 2.48. The highest BCUT2D eigenvalue weighted by atomic mass is 16.5. The zero-order chi connectivity index (χ0) is 23.7. The molecule has 174 valence electrons. The van der Waals surface area contributed by atoms with Crippen LogP contribution in [-0.2, 0) is 20.9 Å². The zero-order valence-electron chi connectivity index (χ0n) is 18.4. The lowest BCUT2D eigenvalue weighted by Gasteiger charge is -2.25. The summed E-state index contributed by atoms with van der Waals surface area (Å²) >= 11 is 0. The van der Waals surface area contributed by atoms with E-state index in [1.165, 1.54) is 18.4 Å². The number of aromatic nitrogens is 2. The molecular weight excluding hydrogens is 438 g/mol. The molecule has 2 fully saturated rings. The number of fused-ring (bicyclic) bond motifs is 1. The summed E-state index contributed by atoms with van der Waals surface area (Å²) in [6.45, 7) is 1.95. The first kappa shape index (κ1) is 21.6. The minimum absolute atomic E-state index is 0.0444. The molecule has 34 heavy (non-hydrogen) atoms. The average Bonchev–Trinajstić information content (AvgIpc) is 3.22. The highest BCUT2D eigenvalue weighted by Gasteiger charge is 2.55. The number of carbonyl (C=O) groups is 3.